The van der Waals surface area contributed by atoms with Crippen LogP contribution < -0.4 is 14.2 Å². The molecule has 0 fully saturated rings. The van der Waals surface area contributed by atoms with Gasteiger partial charge in [0.25, 0.3) is 0 Å². The fourth-order valence-electron chi connectivity index (χ4n) is 3.24. The van der Waals surface area contributed by atoms with Gasteiger partial charge in [-0.3, -0.25) is 4.79 Å². The lowest BCUT2D eigenvalue weighted by atomic mass is 9.98. The van der Waals surface area contributed by atoms with Gasteiger partial charge >= 0.3 is 5.97 Å². The quantitative estimate of drug-likeness (QED) is 0.250. The molecule has 0 amide bonds. The van der Waals surface area contributed by atoms with E-state index in [1.54, 1.807) is 12.1 Å². The molecule has 3 aromatic carbocycles. The zero-order valence-electron chi connectivity index (χ0n) is 21.1. The van der Waals surface area contributed by atoms with Gasteiger partial charge in [0.15, 0.2) is 11.5 Å². The number of methoxy groups -OCH3 is 1. The SMILES string of the molecule is CC.COC(=O)CC(C)c1ccc(OCC[C@@H](C)Oc2ccc(Cl)cc2Oc2ccccc2)cc1. The van der Waals surface area contributed by atoms with Gasteiger partial charge in [-0.25, -0.2) is 0 Å². The van der Waals surface area contributed by atoms with Crippen LogP contribution in [0.5, 0.6) is 23.0 Å². The molecule has 0 aromatic heterocycles. The molecule has 0 heterocycles. The van der Waals surface area contributed by atoms with Gasteiger partial charge in [0, 0.05) is 17.5 Å². The van der Waals surface area contributed by atoms with Crippen molar-refractivity contribution in [3.63, 3.8) is 0 Å². The maximum atomic E-state index is 11.5. The van der Waals surface area contributed by atoms with Crippen LogP contribution in [0.15, 0.2) is 72.8 Å². The van der Waals surface area contributed by atoms with Gasteiger partial charge in [-0.1, -0.05) is 62.7 Å². The first-order valence-corrected chi connectivity index (χ1v) is 12.3. The molecule has 0 saturated heterocycles. The second kappa shape index (κ2) is 14.9. The Kier molecular flexibility index (Phi) is 12.0. The Hall–Kier alpha value is -3.18. The molecule has 5 nitrogen and oxygen atoms in total. The lowest BCUT2D eigenvalue weighted by molar-refractivity contribution is -0.140. The van der Waals surface area contributed by atoms with Crippen molar-refractivity contribution in [2.24, 2.45) is 0 Å². The summed E-state index contributed by atoms with van der Waals surface area (Å²) >= 11 is 6.16. The van der Waals surface area contributed by atoms with Crippen LogP contribution in [-0.4, -0.2) is 25.8 Å². The summed E-state index contributed by atoms with van der Waals surface area (Å²) in [5.41, 5.74) is 1.07. The average Bonchev–Trinajstić information content (AvgIpc) is 2.88. The smallest absolute Gasteiger partial charge is 0.306 e. The minimum absolute atomic E-state index is 0.0894. The zero-order chi connectivity index (χ0) is 25.6. The summed E-state index contributed by atoms with van der Waals surface area (Å²) in [6, 6.07) is 22.6. The number of carbonyl (C=O) groups is 1. The van der Waals surface area contributed by atoms with Crippen LogP contribution >= 0.6 is 11.6 Å². The van der Waals surface area contributed by atoms with Gasteiger partial charge in [0.2, 0.25) is 0 Å². The molecule has 0 N–H and O–H groups in total. The van der Waals surface area contributed by atoms with Gasteiger partial charge in [0.1, 0.15) is 11.5 Å². The Morgan fingerprint density at radius 1 is 0.886 bits per heavy atom. The lowest BCUT2D eigenvalue weighted by Gasteiger charge is -2.18. The maximum Gasteiger partial charge on any atom is 0.306 e. The predicted molar refractivity (Wildman–Crippen MR) is 141 cm³/mol. The van der Waals surface area contributed by atoms with E-state index >= 15 is 0 Å². The van der Waals surface area contributed by atoms with Crippen molar-refractivity contribution in [1.82, 2.24) is 0 Å². The van der Waals surface area contributed by atoms with Crippen molar-refractivity contribution in [3.8, 4) is 23.0 Å². The highest BCUT2D eigenvalue weighted by atomic mass is 35.5. The minimum atomic E-state index is -0.213. The number of hydrogen-bond donors (Lipinski definition) is 0. The second-order valence-electron chi connectivity index (χ2n) is 7.82. The van der Waals surface area contributed by atoms with E-state index in [1.165, 1.54) is 7.11 Å². The van der Waals surface area contributed by atoms with Crippen LogP contribution in [0.2, 0.25) is 5.02 Å². The molecule has 1 unspecified atom stereocenters. The van der Waals surface area contributed by atoms with Crippen molar-refractivity contribution < 1.29 is 23.7 Å². The Morgan fingerprint density at radius 3 is 2.23 bits per heavy atom. The number of esters is 1. The van der Waals surface area contributed by atoms with E-state index in [0.717, 1.165) is 11.3 Å². The van der Waals surface area contributed by atoms with Crippen molar-refractivity contribution in [3.05, 3.63) is 83.4 Å². The van der Waals surface area contributed by atoms with Crippen molar-refractivity contribution in [2.75, 3.05) is 13.7 Å². The van der Waals surface area contributed by atoms with Gasteiger partial charge in [-0.2, -0.15) is 0 Å². The van der Waals surface area contributed by atoms with E-state index in [1.807, 2.05) is 88.4 Å². The largest absolute Gasteiger partial charge is 0.493 e. The molecule has 0 radical (unpaired) electrons. The van der Waals surface area contributed by atoms with E-state index in [9.17, 15) is 4.79 Å². The highest BCUT2D eigenvalue weighted by Gasteiger charge is 2.13. The third kappa shape index (κ3) is 9.53. The molecular formula is C29H35ClO5. The summed E-state index contributed by atoms with van der Waals surface area (Å²) in [4.78, 5) is 11.5. The maximum absolute atomic E-state index is 11.5. The Labute approximate surface area is 213 Å². The van der Waals surface area contributed by atoms with Crippen LogP contribution in [0.4, 0.5) is 0 Å². The first-order valence-electron chi connectivity index (χ1n) is 11.9. The fourth-order valence-corrected chi connectivity index (χ4v) is 3.40. The number of rotatable bonds is 11. The van der Waals surface area contributed by atoms with Crippen LogP contribution in [0.3, 0.4) is 0 Å². The van der Waals surface area contributed by atoms with Gasteiger partial charge in [0.05, 0.1) is 26.2 Å². The topological polar surface area (TPSA) is 54.0 Å². The van der Waals surface area contributed by atoms with Crippen LogP contribution in [0, 0.1) is 0 Å². The molecule has 2 atom stereocenters. The normalized spacial score (nSPS) is 11.9. The van der Waals surface area contributed by atoms with E-state index in [4.69, 9.17) is 30.5 Å². The Bertz CT molecular complexity index is 1020. The molecule has 188 valence electrons. The summed E-state index contributed by atoms with van der Waals surface area (Å²) in [5.74, 6) is 2.56. The first-order chi connectivity index (χ1) is 16.9. The third-order valence-electron chi connectivity index (χ3n) is 5.15. The third-order valence-corrected chi connectivity index (χ3v) is 5.38. The number of para-hydroxylation sites is 1. The molecule has 0 aliphatic carbocycles. The summed E-state index contributed by atoms with van der Waals surface area (Å²) in [5, 5.41) is 0.577. The summed E-state index contributed by atoms with van der Waals surface area (Å²) in [7, 11) is 1.40. The van der Waals surface area contributed by atoms with E-state index in [-0.39, 0.29) is 18.0 Å². The van der Waals surface area contributed by atoms with Crippen LogP contribution in [-0.2, 0) is 9.53 Å². The van der Waals surface area contributed by atoms with Crippen molar-refractivity contribution in [2.45, 2.75) is 52.6 Å². The van der Waals surface area contributed by atoms with Gasteiger partial charge in [-0.05, 0) is 54.8 Å². The van der Waals surface area contributed by atoms with Gasteiger partial charge in [-0.15, -0.1) is 0 Å². The number of carbonyl (C=O) groups excluding carboxylic acids is 1. The Balaban J connectivity index is 0.00000210. The second-order valence-corrected chi connectivity index (χ2v) is 8.26. The highest BCUT2D eigenvalue weighted by Crippen LogP contribution is 2.35. The van der Waals surface area contributed by atoms with Crippen LogP contribution in [0.25, 0.3) is 0 Å². The summed E-state index contributed by atoms with van der Waals surface area (Å²) < 4.78 is 22.7. The standard InChI is InChI=1S/C27H29ClO5.C2H6/c1-19(17-27(29)30-3)21-9-12-23(13-10-21)31-16-15-20(2)32-25-14-11-22(28)18-26(25)33-24-7-5-4-6-8-24;1-2/h4-14,18-20H,15-17H2,1-3H3;1-2H3/t19?,20-;/m1./s1. The summed E-state index contributed by atoms with van der Waals surface area (Å²) in [6.45, 7) is 8.49. The molecular weight excluding hydrogens is 464 g/mol. The zero-order valence-corrected chi connectivity index (χ0v) is 21.9. The molecule has 0 aliphatic heterocycles. The van der Waals surface area contributed by atoms with Crippen molar-refractivity contribution >= 4 is 17.6 Å². The molecule has 3 aromatic rings. The number of halogens is 1. The first kappa shape index (κ1) is 28.1. The molecule has 0 saturated carbocycles. The number of benzene rings is 3. The van der Waals surface area contributed by atoms with E-state index < -0.39 is 0 Å². The van der Waals surface area contributed by atoms with E-state index in [0.29, 0.717) is 41.7 Å². The highest BCUT2D eigenvalue weighted by molar-refractivity contribution is 6.30. The molecule has 0 spiro atoms. The average molecular weight is 499 g/mol. The van der Waals surface area contributed by atoms with Gasteiger partial charge < -0.3 is 18.9 Å². The number of ether oxygens (including phenoxy) is 4. The number of hydrogen-bond acceptors (Lipinski definition) is 5. The molecule has 6 heteroatoms. The monoisotopic (exact) mass is 498 g/mol. The fraction of sp³-hybridized carbons (Fsp3) is 0.345. The predicted octanol–water partition coefficient (Wildman–Crippen LogP) is 8.06. The minimum Gasteiger partial charge on any atom is -0.493 e. The molecule has 0 aliphatic rings. The Morgan fingerprint density at radius 2 is 1.57 bits per heavy atom. The summed E-state index contributed by atoms with van der Waals surface area (Å²) in [6.07, 6.45) is 0.948. The molecule has 35 heavy (non-hydrogen) atoms. The van der Waals surface area contributed by atoms with Crippen LogP contribution in [0.1, 0.15) is 52.0 Å². The molecule has 3 rings (SSSR count). The molecule has 0 bridgehead atoms. The van der Waals surface area contributed by atoms with E-state index in [2.05, 4.69) is 0 Å². The lowest BCUT2D eigenvalue weighted by Crippen LogP contribution is -2.16. The van der Waals surface area contributed by atoms with Crippen molar-refractivity contribution in [1.29, 1.82) is 0 Å².